The largest absolute Gasteiger partial charge is 0.368 e. The first-order valence-corrected chi connectivity index (χ1v) is 8.78. The van der Waals surface area contributed by atoms with E-state index in [0.29, 0.717) is 12.5 Å². The van der Waals surface area contributed by atoms with Crippen molar-refractivity contribution in [3.8, 4) is 0 Å². The number of hydrogen-bond acceptors (Lipinski definition) is 5. The highest BCUT2D eigenvalue weighted by atomic mass is 16.5. The van der Waals surface area contributed by atoms with E-state index in [4.69, 9.17) is 9.72 Å². The summed E-state index contributed by atoms with van der Waals surface area (Å²) in [6, 6.07) is 8.24. The van der Waals surface area contributed by atoms with E-state index >= 15 is 0 Å². The van der Waals surface area contributed by atoms with E-state index in [1.807, 2.05) is 6.07 Å². The standard InChI is InChI=1S/C18H24N6O/c1-12(2)17-20-18(22-21-17)15-10-24(8-9-25-15)11-16-19-13-6-4-5-7-14(13)23(16)3/h4-7,12,15H,8-11H2,1-3H3,(H,20,21,22)/t15-/m1/s1. The molecule has 7 nitrogen and oxygen atoms in total. The van der Waals surface area contributed by atoms with Crippen molar-refractivity contribution in [1.82, 2.24) is 29.6 Å². The number of ether oxygens (including phenoxy) is 1. The van der Waals surface area contributed by atoms with E-state index in [0.717, 1.165) is 42.6 Å². The molecule has 3 aromatic rings. The highest BCUT2D eigenvalue weighted by molar-refractivity contribution is 5.75. The van der Waals surface area contributed by atoms with Gasteiger partial charge in [-0.3, -0.25) is 10.00 Å². The van der Waals surface area contributed by atoms with E-state index in [2.05, 4.69) is 63.7 Å². The quantitative estimate of drug-likeness (QED) is 0.789. The molecule has 1 atom stereocenters. The predicted molar refractivity (Wildman–Crippen MR) is 95.2 cm³/mol. The van der Waals surface area contributed by atoms with Gasteiger partial charge in [-0.2, -0.15) is 5.10 Å². The zero-order valence-corrected chi connectivity index (χ0v) is 14.9. The van der Waals surface area contributed by atoms with Gasteiger partial charge in [0.15, 0.2) is 11.6 Å². The van der Waals surface area contributed by atoms with Crippen LogP contribution in [-0.2, 0) is 18.3 Å². The molecule has 25 heavy (non-hydrogen) atoms. The second-order valence-electron chi connectivity index (χ2n) is 6.90. The summed E-state index contributed by atoms with van der Waals surface area (Å²) in [4.78, 5) is 11.7. The maximum absolute atomic E-state index is 5.91. The summed E-state index contributed by atoms with van der Waals surface area (Å²) in [5.41, 5.74) is 2.21. The van der Waals surface area contributed by atoms with Gasteiger partial charge in [-0.1, -0.05) is 26.0 Å². The van der Waals surface area contributed by atoms with Crippen molar-refractivity contribution >= 4 is 11.0 Å². The van der Waals surface area contributed by atoms with Gasteiger partial charge in [-0.15, -0.1) is 0 Å². The van der Waals surface area contributed by atoms with E-state index in [1.165, 1.54) is 5.52 Å². The number of rotatable bonds is 4. The van der Waals surface area contributed by atoms with Crippen LogP contribution in [0.3, 0.4) is 0 Å². The molecule has 1 saturated heterocycles. The number of aromatic amines is 1. The molecule has 1 fully saturated rings. The fraction of sp³-hybridized carbons (Fsp3) is 0.500. The SMILES string of the molecule is CC(C)c1n[nH]c([C@H]2CN(Cc3nc4ccccc4n3C)CCO2)n1. The van der Waals surface area contributed by atoms with E-state index in [1.54, 1.807) is 0 Å². The number of fused-ring (bicyclic) bond motifs is 1. The average Bonchev–Trinajstić information content (AvgIpc) is 3.22. The summed E-state index contributed by atoms with van der Waals surface area (Å²) < 4.78 is 8.08. The summed E-state index contributed by atoms with van der Waals surface area (Å²) in [6.45, 7) is 7.35. The molecule has 0 aliphatic carbocycles. The third-order valence-corrected chi connectivity index (χ3v) is 4.74. The molecule has 0 amide bonds. The molecule has 4 rings (SSSR count). The molecule has 0 radical (unpaired) electrons. The van der Waals surface area contributed by atoms with Gasteiger partial charge in [0, 0.05) is 26.1 Å². The first-order valence-electron chi connectivity index (χ1n) is 8.78. The molecular formula is C18H24N6O. The maximum Gasteiger partial charge on any atom is 0.155 e. The second kappa shape index (κ2) is 6.57. The Labute approximate surface area is 147 Å². The van der Waals surface area contributed by atoms with Crippen LogP contribution in [-0.4, -0.2) is 49.3 Å². The Kier molecular flexibility index (Phi) is 4.27. The number of aromatic nitrogens is 5. The van der Waals surface area contributed by atoms with Gasteiger partial charge >= 0.3 is 0 Å². The number of aryl methyl sites for hydroxylation is 1. The minimum atomic E-state index is -0.0663. The Morgan fingerprint density at radius 3 is 2.88 bits per heavy atom. The van der Waals surface area contributed by atoms with Crippen LogP contribution in [0.4, 0.5) is 0 Å². The number of nitrogens with one attached hydrogen (secondary N) is 1. The van der Waals surface area contributed by atoms with Crippen LogP contribution in [0.1, 0.15) is 43.3 Å². The zero-order valence-electron chi connectivity index (χ0n) is 14.9. The van der Waals surface area contributed by atoms with Gasteiger partial charge in [-0.05, 0) is 12.1 Å². The Balaban J connectivity index is 1.49. The molecule has 1 aromatic carbocycles. The van der Waals surface area contributed by atoms with Crippen molar-refractivity contribution in [3.05, 3.63) is 41.7 Å². The molecule has 1 aliphatic rings. The average molecular weight is 340 g/mol. The Hall–Kier alpha value is -2.25. The van der Waals surface area contributed by atoms with Gasteiger partial charge in [0.25, 0.3) is 0 Å². The molecule has 2 aromatic heterocycles. The molecule has 3 heterocycles. The third-order valence-electron chi connectivity index (χ3n) is 4.74. The van der Waals surface area contributed by atoms with Crippen molar-refractivity contribution in [1.29, 1.82) is 0 Å². The fourth-order valence-corrected chi connectivity index (χ4v) is 3.24. The van der Waals surface area contributed by atoms with Crippen LogP contribution >= 0.6 is 0 Å². The van der Waals surface area contributed by atoms with Crippen LogP contribution in [0.2, 0.25) is 0 Å². The van der Waals surface area contributed by atoms with Crippen LogP contribution in [0.5, 0.6) is 0 Å². The summed E-state index contributed by atoms with van der Waals surface area (Å²) >= 11 is 0. The smallest absolute Gasteiger partial charge is 0.155 e. The molecule has 0 saturated carbocycles. The van der Waals surface area contributed by atoms with Crippen LogP contribution in [0, 0.1) is 0 Å². The summed E-state index contributed by atoms with van der Waals surface area (Å²) in [6.07, 6.45) is -0.0663. The van der Waals surface area contributed by atoms with Crippen LogP contribution in [0.15, 0.2) is 24.3 Å². The maximum atomic E-state index is 5.91. The molecule has 7 heteroatoms. The fourth-order valence-electron chi connectivity index (χ4n) is 3.24. The topological polar surface area (TPSA) is 71.9 Å². The number of hydrogen-bond donors (Lipinski definition) is 1. The highest BCUT2D eigenvalue weighted by Crippen LogP contribution is 2.22. The number of nitrogens with zero attached hydrogens (tertiary/aromatic N) is 5. The van der Waals surface area contributed by atoms with E-state index in [9.17, 15) is 0 Å². The number of morpholine rings is 1. The molecule has 1 N–H and O–H groups in total. The highest BCUT2D eigenvalue weighted by Gasteiger charge is 2.26. The molecule has 132 valence electrons. The van der Waals surface area contributed by atoms with E-state index in [-0.39, 0.29) is 6.10 Å². The molecule has 0 spiro atoms. The van der Waals surface area contributed by atoms with Crippen molar-refractivity contribution < 1.29 is 4.74 Å². The minimum Gasteiger partial charge on any atom is -0.368 e. The van der Waals surface area contributed by atoms with Gasteiger partial charge < -0.3 is 9.30 Å². The third kappa shape index (κ3) is 3.17. The predicted octanol–water partition coefficient (Wildman–Crippen LogP) is 2.39. The lowest BCUT2D eigenvalue weighted by atomic mass is 10.2. The summed E-state index contributed by atoms with van der Waals surface area (Å²) in [5, 5.41) is 7.33. The molecule has 1 aliphatic heterocycles. The zero-order chi connectivity index (χ0) is 17.4. The first-order chi connectivity index (χ1) is 12.1. The number of H-pyrrole nitrogens is 1. The molecule has 0 unspecified atom stereocenters. The van der Waals surface area contributed by atoms with Gasteiger partial charge in [-0.25, -0.2) is 9.97 Å². The Morgan fingerprint density at radius 2 is 2.12 bits per heavy atom. The number of benzene rings is 1. The second-order valence-corrected chi connectivity index (χ2v) is 6.90. The lowest BCUT2D eigenvalue weighted by Crippen LogP contribution is -2.38. The van der Waals surface area contributed by atoms with Crippen molar-refractivity contribution in [2.75, 3.05) is 19.7 Å². The Morgan fingerprint density at radius 1 is 1.28 bits per heavy atom. The minimum absolute atomic E-state index is 0.0663. The van der Waals surface area contributed by atoms with Gasteiger partial charge in [0.2, 0.25) is 0 Å². The van der Waals surface area contributed by atoms with Crippen molar-refractivity contribution in [2.45, 2.75) is 32.4 Å². The van der Waals surface area contributed by atoms with Crippen molar-refractivity contribution in [2.24, 2.45) is 7.05 Å². The normalized spacial score (nSPS) is 19.1. The molecular weight excluding hydrogens is 316 g/mol. The molecule has 0 bridgehead atoms. The number of para-hydroxylation sites is 2. The van der Waals surface area contributed by atoms with Crippen LogP contribution in [0.25, 0.3) is 11.0 Å². The van der Waals surface area contributed by atoms with Crippen LogP contribution < -0.4 is 0 Å². The van der Waals surface area contributed by atoms with Crippen molar-refractivity contribution in [3.63, 3.8) is 0 Å². The lowest BCUT2D eigenvalue weighted by Gasteiger charge is -2.31. The number of imidazole rings is 1. The monoisotopic (exact) mass is 340 g/mol. The van der Waals surface area contributed by atoms with Gasteiger partial charge in [0.05, 0.1) is 24.2 Å². The summed E-state index contributed by atoms with van der Waals surface area (Å²) in [5.74, 6) is 3.04. The first kappa shape index (κ1) is 16.2. The Bertz CT molecular complexity index is 867. The lowest BCUT2D eigenvalue weighted by molar-refractivity contribution is -0.0379. The van der Waals surface area contributed by atoms with E-state index < -0.39 is 0 Å². The van der Waals surface area contributed by atoms with Gasteiger partial charge in [0.1, 0.15) is 11.9 Å². The summed E-state index contributed by atoms with van der Waals surface area (Å²) in [7, 11) is 2.08.